The average molecular weight is 1140 g/mol. The van der Waals surface area contributed by atoms with Crippen LogP contribution in [-0.2, 0) is 32.7 Å². The minimum atomic E-state index is -4.41. The van der Waals surface area contributed by atoms with Gasteiger partial charge in [-0.2, -0.15) is 0 Å². The van der Waals surface area contributed by atoms with E-state index in [1.165, 1.54) is 44.9 Å². The van der Waals surface area contributed by atoms with Crippen molar-refractivity contribution in [1.29, 1.82) is 0 Å². The molecule has 0 saturated heterocycles. The van der Waals surface area contributed by atoms with Gasteiger partial charge in [-0.15, -0.1) is 0 Å². The number of rotatable bonds is 56. The number of carbonyl (C=O) groups excluding carboxylic acids is 2. The van der Waals surface area contributed by atoms with E-state index in [2.05, 4.69) is 196 Å². The summed E-state index contributed by atoms with van der Waals surface area (Å²) >= 11 is 0. The molecule has 0 spiro atoms. The van der Waals surface area contributed by atoms with E-state index in [1.807, 2.05) is 0 Å². The zero-order valence-corrected chi connectivity index (χ0v) is 51.6. The number of phosphoric ester groups is 1. The molecule has 0 heterocycles. The first kappa shape index (κ1) is 76.1. The van der Waals surface area contributed by atoms with Crippen molar-refractivity contribution in [3.8, 4) is 0 Å². The van der Waals surface area contributed by atoms with Gasteiger partial charge < -0.3 is 20.1 Å². The molecule has 0 aliphatic carbocycles. The predicted molar refractivity (Wildman–Crippen MR) is 348 cm³/mol. The Morgan fingerprint density at radius 1 is 0.370 bits per heavy atom. The van der Waals surface area contributed by atoms with Crippen LogP contribution in [0.3, 0.4) is 0 Å². The van der Waals surface area contributed by atoms with Gasteiger partial charge >= 0.3 is 19.8 Å². The van der Waals surface area contributed by atoms with E-state index in [0.717, 1.165) is 135 Å². The molecule has 0 saturated carbocycles. The molecule has 0 aromatic rings. The van der Waals surface area contributed by atoms with Gasteiger partial charge in [0.1, 0.15) is 6.61 Å². The van der Waals surface area contributed by atoms with Gasteiger partial charge in [0.05, 0.1) is 13.2 Å². The molecule has 2 atom stereocenters. The maximum absolute atomic E-state index is 12.7. The zero-order chi connectivity index (χ0) is 58.7. The lowest BCUT2D eigenvalue weighted by atomic mass is 10.0. The Morgan fingerprint density at radius 3 is 0.975 bits per heavy atom. The monoisotopic (exact) mass is 1140 g/mol. The molecule has 0 aromatic carbocycles. The normalized spacial score (nSPS) is 14.3. The summed E-state index contributed by atoms with van der Waals surface area (Å²) in [5.74, 6) is -0.896. The molecule has 3 N–H and O–H groups in total. The van der Waals surface area contributed by atoms with Crippen molar-refractivity contribution in [2.75, 3.05) is 26.4 Å². The topological polar surface area (TPSA) is 134 Å². The van der Waals surface area contributed by atoms with Crippen LogP contribution >= 0.6 is 7.82 Å². The first-order chi connectivity index (χ1) is 39.8. The van der Waals surface area contributed by atoms with Crippen LogP contribution in [0.15, 0.2) is 182 Å². The minimum absolute atomic E-state index is 0.0371. The zero-order valence-electron chi connectivity index (χ0n) is 50.7. The number of hydrogen-bond donors (Lipinski definition) is 2. The first-order valence-corrected chi connectivity index (χ1v) is 32.8. The molecule has 0 aromatic heterocycles. The molecule has 81 heavy (non-hydrogen) atoms. The van der Waals surface area contributed by atoms with Gasteiger partial charge in [0.2, 0.25) is 0 Å². The molecule has 0 radical (unpaired) electrons. The molecule has 454 valence electrons. The quantitative estimate of drug-likeness (QED) is 0.0264. The summed E-state index contributed by atoms with van der Waals surface area (Å²) in [5.41, 5.74) is 5.38. The fourth-order valence-electron chi connectivity index (χ4n) is 7.75. The molecule has 0 fully saturated rings. The van der Waals surface area contributed by atoms with Crippen molar-refractivity contribution < 1.29 is 37.6 Å². The van der Waals surface area contributed by atoms with Gasteiger partial charge in [0, 0.05) is 19.4 Å². The lowest BCUT2D eigenvalue weighted by Gasteiger charge is -2.19. The highest BCUT2D eigenvalue weighted by molar-refractivity contribution is 7.47. The molecule has 0 rings (SSSR count). The van der Waals surface area contributed by atoms with E-state index in [4.69, 9.17) is 24.3 Å². The number of esters is 2. The first-order valence-electron chi connectivity index (χ1n) is 31.3. The smallest absolute Gasteiger partial charge is 0.462 e. The third kappa shape index (κ3) is 64.1. The van der Waals surface area contributed by atoms with E-state index in [-0.39, 0.29) is 32.6 Å². The Morgan fingerprint density at radius 2 is 0.642 bits per heavy atom. The van der Waals surface area contributed by atoms with Crippen molar-refractivity contribution in [3.63, 3.8) is 0 Å². The molecule has 10 heteroatoms. The molecule has 0 amide bonds. The van der Waals surface area contributed by atoms with Crippen LogP contribution in [-0.4, -0.2) is 49.3 Å². The van der Waals surface area contributed by atoms with E-state index >= 15 is 0 Å². The predicted octanol–water partition coefficient (Wildman–Crippen LogP) is 20.4. The summed E-state index contributed by atoms with van der Waals surface area (Å²) in [7, 11) is -4.41. The van der Waals surface area contributed by atoms with E-state index in [0.29, 0.717) is 12.8 Å². The molecule has 0 bridgehead atoms. The van der Waals surface area contributed by atoms with E-state index in [9.17, 15) is 19.0 Å². The number of allylic oxidation sites excluding steroid dienone is 30. The highest BCUT2D eigenvalue weighted by Gasteiger charge is 2.26. The lowest BCUT2D eigenvalue weighted by molar-refractivity contribution is -0.161. The van der Waals surface area contributed by atoms with Gasteiger partial charge in [-0.05, 0) is 135 Å². The maximum Gasteiger partial charge on any atom is 0.472 e. The Hall–Kier alpha value is -4.89. The number of unbranched alkanes of at least 4 members (excludes halogenated alkanes) is 13. The fourth-order valence-corrected chi connectivity index (χ4v) is 8.51. The molecular weight excluding hydrogens is 1030 g/mol. The lowest BCUT2D eigenvalue weighted by Crippen LogP contribution is -2.29. The van der Waals surface area contributed by atoms with E-state index in [1.54, 1.807) is 0 Å². The van der Waals surface area contributed by atoms with Crippen molar-refractivity contribution in [3.05, 3.63) is 182 Å². The second-order valence-electron chi connectivity index (χ2n) is 19.8. The van der Waals surface area contributed by atoms with Crippen LogP contribution in [0.1, 0.15) is 219 Å². The highest BCUT2D eigenvalue weighted by Crippen LogP contribution is 2.43. The van der Waals surface area contributed by atoms with Gasteiger partial charge in [0.25, 0.3) is 0 Å². The summed E-state index contributed by atoms with van der Waals surface area (Å²) in [6.07, 6.45) is 96.7. The second-order valence-corrected chi connectivity index (χ2v) is 21.3. The number of nitrogens with two attached hydrogens (primary N) is 1. The number of carbonyl (C=O) groups is 2. The van der Waals surface area contributed by atoms with Gasteiger partial charge in [-0.3, -0.25) is 18.6 Å². The molecule has 2 unspecified atom stereocenters. The highest BCUT2D eigenvalue weighted by atomic mass is 31.2. The Bertz CT molecular complexity index is 1980. The van der Waals surface area contributed by atoms with Crippen LogP contribution in [0, 0.1) is 0 Å². The van der Waals surface area contributed by atoms with Crippen molar-refractivity contribution in [2.45, 2.75) is 225 Å². The van der Waals surface area contributed by atoms with Gasteiger partial charge in [0.15, 0.2) is 6.10 Å². The third-order valence-electron chi connectivity index (χ3n) is 12.3. The summed E-state index contributed by atoms with van der Waals surface area (Å²) < 4.78 is 33.0. The van der Waals surface area contributed by atoms with Crippen LogP contribution in [0.2, 0.25) is 0 Å². The van der Waals surface area contributed by atoms with Crippen molar-refractivity contribution in [2.24, 2.45) is 5.73 Å². The maximum atomic E-state index is 12.7. The van der Waals surface area contributed by atoms with Crippen molar-refractivity contribution >= 4 is 19.8 Å². The molecule has 9 nitrogen and oxygen atoms in total. The number of phosphoric acid groups is 1. The van der Waals surface area contributed by atoms with Gasteiger partial charge in [-0.1, -0.05) is 254 Å². The van der Waals surface area contributed by atoms with Crippen LogP contribution in [0.5, 0.6) is 0 Å². The molecule has 0 aliphatic heterocycles. The van der Waals surface area contributed by atoms with Gasteiger partial charge in [-0.25, -0.2) is 4.57 Å². The van der Waals surface area contributed by atoms with Crippen LogP contribution < -0.4 is 5.73 Å². The Balaban J connectivity index is 4.03. The standard InChI is InChI=1S/C71H112NO8P/c1-3-5-7-9-11-13-15-17-19-21-23-25-26-27-28-29-30-31-32-33-34-35-36-37-38-39-40-41-42-44-46-48-50-52-54-56-58-60-62-64-71(74)80-69(68-79-81(75,76)78-66-65-72)67-77-70(73)63-61-59-57-55-53-51-49-47-45-43-24-22-20-18-16-14-12-10-8-6-4-2/h5-8,11-14,17-20,23-25,27-28,30-31,33-34,36-37,39-40,43,47,49,53,55,69H,3-4,9-10,15-16,21-22,26,29,32,35,38,41-42,44-46,48,50-52,54,56-68,72H2,1-2H3,(H,75,76)/b7-5-,8-6-,13-11-,14-12-,19-17-,20-18-,25-23-,28-27-,31-30-,34-33-,37-36-,40-39-,43-24-,49-47-,55-53-. The van der Waals surface area contributed by atoms with Crippen molar-refractivity contribution in [1.82, 2.24) is 0 Å². The SMILES string of the molecule is CC/C=C\C/C=C\C/C=C\C/C=C\C/C=C\C/C=C\C/C=C\C/C=C\C/C=C\CCCCCCCCCCCCCC(=O)OC(COC(=O)CCCC/C=C\C/C=C\C/C=C\C/C=C\C/C=C\C/C=C\CC)COP(=O)(O)OCCN. The van der Waals surface area contributed by atoms with E-state index < -0.39 is 32.5 Å². The molecule has 0 aliphatic rings. The fraction of sp³-hybridized carbons (Fsp3) is 0.549. The summed E-state index contributed by atoms with van der Waals surface area (Å²) in [4.78, 5) is 35.2. The van der Waals surface area contributed by atoms with Crippen LogP contribution in [0.25, 0.3) is 0 Å². The average Bonchev–Trinajstić information content (AvgIpc) is 3.46. The Kier molecular flexibility index (Phi) is 60.4. The second kappa shape index (κ2) is 64.3. The number of hydrogen-bond acceptors (Lipinski definition) is 8. The molecular formula is C71H112NO8P. The Labute approximate surface area is 494 Å². The largest absolute Gasteiger partial charge is 0.472 e. The summed E-state index contributed by atoms with van der Waals surface area (Å²) in [5, 5.41) is 0. The summed E-state index contributed by atoms with van der Waals surface area (Å²) in [6, 6.07) is 0. The number of ether oxygens (including phenoxy) is 2. The minimum Gasteiger partial charge on any atom is -0.462 e. The third-order valence-corrected chi connectivity index (χ3v) is 13.3. The van der Waals surface area contributed by atoms with Crippen LogP contribution in [0.4, 0.5) is 0 Å². The summed E-state index contributed by atoms with van der Waals surface area (Å²) in [6.45, 7) is 3.44.